The summed E-state index contributed by atoms with van der Waals surface area (Å²) in [5, 5.41) is 2.89. The van der Waals surface area contributed by atoms with E-state index in [1.165, 1.54) is 0 Å². The molecule has 0 saturated carbocycles. The normalized spacial score (nSPS) is 16.5. The summed E-state index contributed by atoms with van der Waals surface area (Å²) in [7, 11) is 3.14. The fourth-order valence-corrected chi connectivity index (χ4v) is 3.07. The molecule has 2 aromatic carbocycles. The zero-order chi connectivity index (χ0) is 18.7. The summed E-state index contributed by atoms with van der Waals surface area (Å²) in [6.07, 6.45) is 0.178. The Kier molecular flexibility index (Phi) is 5.11. The van der Waals surface area contributed by atoms with Crippen molar-refractivity contribution in [3.05, 3.63) is 48.0 Å². The van der Waals surface area contributed by atoms with Gasteiger partial charge in [-0.3, -0.25) is 9.59 Å². The molecular formula is C20H22N2O4. The Hall–Kier alpha value is -3.02. The average Bonchev–Trinajstić information content (AvgIpc) is 3.04. The molecule has 2 aromatic rings. The highest BCUT2D eigenvalue weighted by Gasteiger charge is 2.35. The molecule has 0 bridgehead atoms. The second-order valence-corrected chi connectivity index (χ2v) is 6.30. The van der Waals surface area contributed by atoms with Gasteiger partial charge in [-0.25, -0.2) is 0 Å². The lowest BCUT2D eigenvalue weighted by Gasteiger charge is -2.18. The van der Waals surface area contributed by atoms with Crippen molar-refractivity contribution in [1.29, 1.82) is 0 Å². The number of aryl methyl sites for hydroxylation is 1. The lowest BCUT2D eigenvalue weighted by Crippen LogP contribution is -2.28. The molecule has 0 radical (unpaired) electrons. The van der Waals surface area contributed by atoms with E-state index >= 15 is 0 Å². The highest BCUT2D eigenvalue weighted by atomic mass is 16.5. The van der Waals surface area contributed by atoms with Crippen molar-refractivity contribution >= 4 is 23.2 Å². The van der Waals surface area contributed by atoms with Crippen molar-refractivity contribution < 1.29 is 19.1 Å². The maximum atomic E-state index is 12.7. The molecule has 1 N–H and O–H groups in total. The van der Waals surface area contributed by atoms with Gasteiger partial charge < -0.3 is 19.7 Å². The Morgan fingerprint density at radius 3 is 2.69 bits per heavy atom. The third-order valence-electron chi connectivity index (χ3n) is 4.47. The van der Waals surface area contributed by atoms with E-state index in [4.69, 9.17) is 9.47 Å². The van der Waals surface area contributed by atoms with Crippen LogP contribution >= 0.6 is 0 Å². The molecule has 0 aliphatic carbocycles. The van der Waals surface area contributed by atoms with Gasteiger partial charge in [0.2, 0.25) is 11.8 Å². The van der Waals surface area contributed by atoms with E-state index in [9.17, 15) is 9.59 Å². The molecular weight excluding hydrogens is 332 g/mol. The van der Waals surface area contributed by atoms with Crippen LogP contribution in [-0.4, -0.2) is 32.6 Å². The monoisotopic (exact) mass is 354 g/mol. The van der Waals surface area contributed by atoms with Crippen LogP contribution in [0.15, 0.2) is 42.5 Å². The van der Waals surface area contributed by atoms with Crippen LogP contribution in [0.4, 0.5) is 11.4 Å². The molecule has 3 rings (SSSR count). The minimum Gasteiger partial charge on any atom is -0.497 e. The molecule has 1 aliphatic heterocycles. The summed E-state index contributed by atoms with van der Waals surface area (Å²) in [5.74, 6) is 0.590. The molecule has 6 heteroatoms. The fourth-order valence-electron chi connectivity index (χ4n) is 3.07. The molecule has 136 valence electrons. The average molecular weight is 354 g/mol. The van der Waals surface area contributed by atoms with Crippen LogP contribution in [0.1, 0.15) is 12.0 Å². The molecule has 26 heavy (non-hydrogen) atoms. The predicted molar refractivity (Wildman–Crippen MR) is 99.8 cm³/mol. The maximum Gasteiger partial charge on any atom is 0.229 e. The number of methoxy groups -OCH3 is 2. The third kappa shape index (κ3) is 3.64. The van der Waals surface area contributed by atoms with Crippen LogP contribution in [0.2, 0.25) is 0 Å². The SMILES string of the molecule is COc1cccc(N2C[C@H](C(=O)Nc3cc(C)ccc3OC)CC2=O)c1. The van der Waals surface area contributed by atoms with Crippen LogP contribution in [-0.2, 0) is 9.59 Å². The van der Waals surface area contributed by atoms with E-state index in [2.05, 4.69) is 5.32 Å². The second kappa shape index (κ2) is 7.47. The molecule has 0 unspecified atom stereocenters. The summed E-state index contributed by atoms with van der Waals surface area (Å²) in [5.41, 5.74) is 2.36. The number of carbonyl (C=O) groups is 2. The lowest BCUT2D eigenvalue weighted by atomic mass is 10.1. The highest BCUT2D eigenvalue weighted by molar-refractivity contribution is 6.04. The second-order valence-electron chi connectivity index (χ2n) is 6.30. The largest absolute Gasteiger partial charge is 0.497 e. The van der Waals surface area contributed by atoms with Gasteiger partial charge in [-0.05, 0) is 36.8 Å². The number of rotatable bonds is 5. The summed E-state index contributed by atoms with van der Waals surface area (Å²) >= 11 is 0. The first kappa shape index (κ1) is 17.8. The van der Waals surface area contributed by atoms with Crippen molar-refractivity contribution in [3.63, 3.8) is 0 Å². The topological polar surface area (TPSA) is 67.9 Å². The number of carbonyl (C=O) groups excluding carboxylic acids is 2. The summed E-state index contributed by atoms with van der Waals surface area (Å²) in [4.78, 5) is 26.7. The minimum absolute atomic E-state index is 0.0744. The molecule has 0 aromatic heterocycles. The number of nitrogens with zero attached hydrogens (tertiary/aromatic N) is 1. The maximum absolute atomic E-state index is 12.7. The molecule has 2 amide bonds. The van der Waals surface area contributed by atoms with Gasteiger partial charge in [0.05, 0.1) is 25.8 Å². The van der Waals surface area contributed by atoms with Gasteiger partial charge >= 0.3 is 0 Å². The molecule has 1 heterocycles. The molecule has 1 saturated heterocycles. The van der Waals surface area contributed by atoms with E-state index in [0.717, 1.165) is 11.3 Å². The number of nitrogens with one attached hydrogen (secondary N) is 1. The van der Waals surface area contributed by atoms with Crippen LogP contribution in [0.25, 0.3) is 0 Å². The Labute approximate surface area is 152 Å². The Balaban J connectivity index is 1.74. The van der Waals surface area contributed by atoms with Gasteiger partial charge in [-0.1, -0.05) is 12.1 Å². The zero-order valence-corrected chi connectivity index (χ0v) is 15.1. The van der Waals surface area contributed by atoms with E-state index < -0.39 is 5.92 Å². The summed E-state index contributed by atoms with van der Waals surface area (Å²) in [6.45, 7) is 2.28. The van der Waals surface area contributed by atoms with Crippen LogP contribution in [0.3, 0.4) is 0 Å². The van der Waals surface area contributed by atoms with Gasteiger partial charge in [0.15, 0.2) is 0 Å². The molecule has 1 aliphatic rings. The van der Waals surface area contributed by atoms with Crippen molar-refractivity contribution in [2.75, 3.05) is 31.0 Å². The van der Waals surface area contributed by atoms with Crippen molar-refractivity contribution in [3.8, 4) is 11.5 Å². The first-order chi connectivity index (χ1) is 12.5. The zero-order valence-electron chi connectivity index (χ0n) is 15.1. The quantitative estimate of drug-likeness (QED) is 0.896. The Bertz CT molecular complexity index is 834. The molecule has 6 nitrogen and oxygen atoms in total. The standard InChI is InChI=1S/C20H22N2O4/c1-13-7-8-18(26-3)17(9-13)21-20(24)14-10-19(23)22(12-14)15-5-4-6-16(11-15)25-2/h4-9,11,14H,10,12H2,1-3H3,(H,21,24)/t14-/m1/s1. The predicted octanol–water partition coefficient (Wildman–Crippen LogP) is 3.00. The van der Waals surface area contributed by atoms with Gasteiger partial charge in [-0.15, -0.1) is 0 Å². The van der Waals surface area contributed by atoms with Crippen LogP contribution in [0, 0.1) is 12.8 Å². The fraction of sp³-hybridized carbons (Fsp3) is 0.300. The van der Waals surface area contributed by atoms with Crippen LogP contribution < -0.4 is 19.7 Å². The third-order valence-corrected chi connectivity index (χ3v) is 4.47. The van der Waals surface area contributed by atoms with Gasteiger partial charge in [0.25, 0.3) is 0 Å². The van der Waals surface area contributed by atoms with Gasteiger partial charge in [0.1, 0.15) is 11.5 Å². The number of hydrogen-bond acceptors (Lipinski definition) is 4. The van der Waals surface area contributed by atoms with E-state index in [-0.39, 0.29) is 18.2 Å². The highest BCUT2D eigenvalue weighted by Crippen LogP contribution is 2.30. The number of anilines is 2. The smallest absolute Gasteiger partial charge is 0.229 e. The van der Waals surface area contributed by atoms with E-state index in [1.54, 1.807) is 25.2 Å². The Morgan fingerprint density at radius 1 is 1.15 bits per heavy atom. The minimum atomic E-state index is -0.418. The van der Waals surface area contributed by atoms with Crippen molar-refractivity contribution in [2.24, 2.45) is 5.92 Å². The molecule has 1 fully saturated rings. The van der Waals surface area contributed by atoms with E-state index in [0.29, 0.717) is 23.7 Å². The number of amides is 2. The summed E-state index contributed by atoms with van der Waals surface area (Å²) < 4.78 is 10.5. The first-order valence-electron chi connectivity index (χ1n) is 8.41. The number of hydrogen-bond donors (Lipinski definition) is 1. The summed E-state index contributed by atoms with van der Waals surface area (Å²) in [6, 6.07) is 12.9. The van der Waals surface area contributed by atoms with Gasteiger partial charge in [-0.2, -0.15) is 0 Å². The van der Waals surface area contributed by atoms with Gasteiger partial charge in [0, 0.05) is 24.7 Å². The molecule has 0 spiro atoms. The molecule has 1 atom stereocenters. The van der Waals surface area contributed by atoms with E-state index in [1.807, 2.05) is 43.3 Å². The number of benzene rings is 2. The van der Waals surface area contributed by atoms with Crippen molar-refractivity contribution in [1.82, 2.24) is 0 Å². The first-order valence-corrected chi connectivity index (χ1v) is 8.41. The number of ether oxygens (including phenoxy) is 2. The Morgan fingerprint density at radius 2 is 1.96 bits per heavy atom. The van der Waals surface area contributed by atoms with Crippen LogP contribution in [0.5, 0.6) is 11.5 Å². The lowest BCUT2D eigenvalue weighted by molar-refractivity contribution is -0.122. The van der Waals surface area contributed by atoms with Crippen molar-refractivity contribution in [2.45, 2.75) is 13.3 Å².